The number of carboxylic acid groups (broad SMARTS) is 1. The molecule has 0 unspecified atom stereocenters. The summed E-state index contributed by atoms with van der Waals surface area (Å²) >= 11 is 0. The molecule has 3 N–H and O–H groups in total. The van der Waals surface area contributed by atoms with Crippen LogP contribution in [0, 0.1) is 0 Å². The number of pyridine rings is 1. The lowest BCUT2D eigenvalue weighted by atomic mass is 10.0. The van der Waals surface area contributed by atoms with Gasteiger partial charge in [0, 0.05) is 13.1 Å². The predicted molar refractivity (Wildman–Crippen MR) is 67.1 cm³/mol. The van der Waals surface area contributed by atoms with Crippen molar-refractivity contribution >= 4 is 17.6 Å². The van der Waals surface area contributed by atoms with Crippen LogP contribution in [-0.4, -0.2) is 47.3 Å². The second kappa shape index (κ2) is 5.33. The first-order valence-corrected chi connectivity index (χ1v) is 5.82. The second-order valence-corrected chi connectivity index (χ2v) is 4.63. The van der Waals surface area contributed by atoms with E-state index in [0.717, 1.165) is 13.1 Å². The van der Waals surface area contributed by atoms with Crippen LogP contribution >= 0.6 is 0 Å². The molecule has 0 aromatic carbocycles. The fourth-order valence-electron chi connectivity index (χ4n) is 1.61. The summed E-state index contributed by atoms with van der Waals surface area (Å²) in [7, 11) is 0. The molecule has 2 rings (SSSR count). The van der Waals surface area contributed by atoms with Crippen molar-refractivity contribution in [2.75, 3.05) is 25.0 Å². The number of amides is 1. The van der Waals surface area contributed by atoms with Crippen LogP contribution in [0.4, 0.5) is 5.69 Å². The van der Waals surface area contributed by atoms with Crippen LogP contribution in [0.5, 0.6) is 0 Å². The Balaban J connectivity index is 1.83. The smallest absolute Gasteiger partial charge is 0.354 e. The van der Waals surface area contributed by atoms with E-state index in [4.69, 9.17) is 9.84 Å². The lowest BCUT2D eigenvalue weighted by molar-refractivity contribution is -0.130. The Labute approximate surface area is 110 Å². The number of nitrogens with zero attached hydrogens (tertiary/aromatic N) is 1. The first-order chi connectivity index (χ1) is 8.98. The number of rotatable bonds is 5. The molecule has 0 spiro atoms. The van der Waals surface area contributed by atoms with Gasteiger partial charge in [-0.05, 0) is 19.1 Å². The average molecular weight is 265 g/mol. The Hall–Kier alpha value is -1.99. The van der Waals surface area contributed by atoms with E-state index < -0.39 is 5.97 Å². The summed E-state index contributed by atoms with van der Waals surface area (Å²) in [6.45, 7) is 3.35. The Bertz CT molecular complexity index is 482. The van der Waals surface area contributed by atoms with E-state index in [9.17, 15) is 9.59 Å². The molecule has 1 aliphatic rings. The van der Waals surface area contributed by atoms with Crippen molar-refractivity contribution in [3.63, 3.8) is 0 Å². The molecule has 0 aliphatic carbocycles. The molecule has 7 heteroatoms. The number of anilines is 1. The molecular formula is C12H15N3O4. The maximum atomic E-state index is 11.6. The Morgan fingerprint density at radius 1 is 1.53 bits per heavy atom. The Morgan fingerprint density at radius 2 is 2.26 bits per heavy atom. The minimum atomic E-state index is -1.10. The van der Waals surface area contributed by atoms with Gasteiger partial charge in [-0.3, -0.25) is 4.79 Å². The third-order valence-electron chi connectivity index (χ3n) is 2.82. The van der Waals surface area contributed by atoms with E-state index in [0.29, 0.717) is 5.69 Å². The molecule has 1 saturated heterocycles. The molecule has 0 radical (unpaired) electrons. The minimum Gasteiger partial charge on any atom is -0.477 e. The lowest BCUT2D eigenvalue weighted by Gasteiger charge is -2.38. The lowest BCUT2D eigenvalue weighted by Crippen LogP contribution is -2.59. The standard InChI is InChI=1S/C12H15N3O4/c1-12(6-13-7-12)19-5-10(16)15-8-2-3-9(11(17)18)14-4-8/h2-4,13H,5-7H2,1H3,(H,15,16)(H,17,18). The highest BCUT2D eigenvalue weighted by Crippen LogP contribution is 2.15. The SMILES string of the molecule is CC1(OCC(=O)Nc2ccc(C(=O)O)nc2)CNC1. The third kappa shape index (κ3) is 3.49. The third-order valence-corrected chi connectivity index (χ3v) is 2.82. The van der Waals surface area contributed by atoms with E-state index in [1.165, 1.54) is 18.3 Å². The van der Waals surface area contributed by atoms with E-state index in [2.05, 4.69) is 15.6 Å². The molecule has 1 amide bonds. The summed E-state index contributed by atoms with van der Waals surface area (Å²) in [5, 5.41) is 14.3. The molecule has 0 atom stereocenters. The number of aromatic carboxylic acids is 1. The molecule has 1 aromatic rings. The highest BCUT2D eigenvalue weighted by atomic mass is 16.5. The maximum Gasteiger partial charge on any atom is 0.354 e. The van der Waals surface area contributed by atoms with Crippen LogP contribution in [0.3, 0.4) is 0 Å². The average Bonchev–Trinajstić information content (AvgIpc) is 2.35. The van der Waals surface area contributed by atoms with E-state index in [-0.39, 0.29) is 23.8 Å². The van der Waals surface area contributed by atoms with Crippen molar-refractivity contribution in [3.05, 3.63) is 24.0 Å². The van der Waals surface area contributed by atoms with Crippen LogP contribution < -0.4 is 10.6 Å². The van der Waals surface area contributed by atoms with E-state index in [1.54, 1.807) is 0 Å². The van der Waals surface area contributed by atoms with Crippen LogP contribution in [0.25, 0.3) is 0 Å². The van der Waals surface area contributed by atoms with Gasteiger partial charge in [-0.2, -0.15) is 0 Å². The van der Waals surface area contributed by atoms with Crippen molar-refractivity contribution in [1.82, 2.24) is 10.3 Å². The minimum absolute atomic E-state index is 0.0428. The second-order valence-electron chi connectivity index (χ2n) is 4.63. The zero-order valence-corrected chi connectivity index (χ0v) is 10.5. The van der Waals surface area contributed by atoms with E-state index in [1.807, 2.05) is 6.92 Å². The zero-order valence-electron chi connectivity index (χ0n) is 10.5. The molecule has 2 heterocycles. The van der Waals surface area contributed by atoms with Gasteiger partial charge in [0.25, 0.3) is 0 Å². The predicted octanol–water partition coefficient (Wildman–Crippen LogP) is 0.0968. The quantitative estimate of drug-likeness (QED) is 0.698. The number of carbonyl (C=O) groups excluding carboxylic acids is 1. The van der Waals surface area contributed by atoms with Crippen LogP contribution in [0.1, 0.15) is 17.4 Å². The summed E-state index contributed by atoms with van der Waals surface area (Å²) in [6.07, 6.45) is 1.30. The van der Waals surface area contributed by atoms with Gasteiger partial charge in [0.05, 0.1) is 17.5 Å². The number of carboxylic acids is 1. The molecule has 19 heavy (non-hydrogen) atoms. The van der Waals surface area contributed by atoms with Crippen molar-refractivity contribution < 1.29 is 19.4 Å². The normalized spacial score (nSPS) is 16.5. The number of nitrogens with one attached hydrogen (secondary N) is 2. The van der Waals surface area contributed by atoms with Gasteiger partial charge in [-0.1, -0.05) is 0 Å². The number of carbonyl (C=O) groups is 2. The van der Waals surface area contributed by atoms with Gasteiger partial charge >= 0.3 is 5.97 Å². The fourth-order valence-corrected chi connectivity index (χ4v) is 1.61. The first-order valence-electron chi connectivity index (χ1n) is 5.82. The Morgan fingerprint density at radius 3 is 2.74 bits per heavy atom. The largest absolute Gasteiger partial charge is 0.477 e. The number of ether oxygens (including phenoxy) is 1. The highest BCUT2D eigenvalue weighted by Gasteiger charge is 2.32. The molecule has 1 aliphatic heterocycles. The van der Waals surface area contributed by atoms with Gasteiger partial charge in [0.1, 0.15) is 12.3 Å². The molecule has 0 bridgehead atoms. The van der Waals surface area contributed by atoms with Crippen molar-refractivity contribution in [2.45, 2.75) is 12.5 Å². The molecule has 0 saturated carbocycles. The highest BCUT2D eigenvalue weighted by molar-refractivity contribution is 5.92. The molecule has 1 fully saturated rings. The maximum absolute atomic E-state index is 11.6. The van der Waals surface area contributed by atoms with Crippen LogP contribution in [-0.2, 0) is 9.53 Å². The van der Waals surface area contributed by atoms with Crippen molar-refractivity contribution in [2.24, 2.45) is 0 Å². The van der Waals surface area contributed by atoms with Gasteiger partial charge in [0.15, 0.2) is 0 Å². The number of aromatic nitrogens is 1. The Kier molecular flexibility index (Phi) is 3.77. The van der Waals surface area contributed by atoms with Gasteiger partial charge in [-0.15, -0.1) is 0 Å². The van der Waals surface area contributed by atoms with Gasteiger partial charge < -0.3 is 20.5 Å². The summed E-state index contributed by atoms with van der Waals surface area (Å²) < 4.78 is 5.47. The van der Waals surface area contributed by atoms with Crippen LogP contribution in [0.2, 0.25) is 0 Å². The number of hydrogen-bond donors (Lipinski definition) is 3. The summed E-state index contributed by atoms with van der Waals surface area (Å²) in [5.74, 6) is -1.40. The topological polar surface area (TPSA) is 101 Å². The van der Waals surface area contributed by atoms with Gasteiger partial charge in [0.2, 0.25) is 5.91 Å². The fraction of sp³-hybridized carbons (Fsp3) is 0.417. The zero-order chi connectivity index (χ0) is 13.9. The molecular weight excluding hydrogens is 250 g/mol. The van der Waals surface area contributed by atoms with E-state index >= 15 is 0 Å². The summed E-state index contributed by atoms with van der Waals surface area (Å²) in [5.41, 5.74) is 0.0979. The van der Waals surface area contributed by atoms with Crippen molar-refractivity contribution in [1.29, 1.82) is 0 Å². The first kappa shape index (κ1) is 13.4. The molecule has 1 aromatic heterocycles. The van der Waals surface area contributed by atoms with Crippen molar-refractivity contribution in [3.8, 4) is 0 Å². The molecule has 102 valence electrons. The summed E-state index contributed by atoms with van der Waals surface area (Å²) in [4.78, 5) is 25.9. The molecule has 7 nitrogen and oxygen atoms in total. The van der Waals surface area contributed by atoms with Gasteiger partial charge in [-0.25, -0.2) is 9.78 Å². The van der Waals surface area contributed by atoms with Crippen LogP contribution in [0.15, 0.2) is 18.3 Å². The summed E-state index contributed by atoms with van der Waals surface area (Å²) in [6, 6.07) is 2.82. The number of hydrogen-bond acceptors (Lipinski definition) is 5. The monoisotopic (exact) mass is 265 g/mol.